The third-order valence-corrected chi connectivity index (χ3v) is 4.33. The zero-order valence-electron chi connectivity index (χ0n) is 15.2. The van der Waals surface area contributed by atoms with E-state index in [0.29, 0.717) is 6.54 Å². The van der Waals surface area contributed by atoms with Crippen LogP contribution >= 0.6 is 0 Å². The zero-order valence-corrected chi connectivity index (χ0v) is 15.2. The third kappa shape index (κ3) is 3.72. The maximum Gasteiger partial charge on any atom is 0.319 e. The number of methoxy groups -OCH3 is 1. The highest BCUT2D eigenvalue weighted by atomic mass is 16.5. The molecule has 0 saturated carbocycles. The number of nitrogens with zero attached hydrogens (tertiary/aromatic N) is 1. The first kappa shape index (κ1) is 17.6. The second-order valence-corrected chi connectivity index (χ2v) is 6.08. The van der Waals surface area contributed by atoms with Gasteiger partial charge in [0, 0.05) is 23.6 Å². The number of hydrogen-bond donors (Lipinski definition) is 2. The molecule has 2 N–H and O–H groups in total. The minimum absolute atomic E-state index is 0.224. The summed E-state index contributed by atoms with van der Waals surface area (Å²) < 4.78 is 7.63. The van der Waals surface area contributed by atoms with Crippen molar-refractivity contribution in [2.45, 2.75) is 20.4 Å². The van der Waals surface area contributed by atoms with Crippen molar-refractivity contribution in [3.8, 4) is 11.4 Å². The Morgan fingerprint density at radius 1 is 1.04 bits per heavy atom. The molecule has 2 amide bonds. The van der Waals surface area contributed by atoms with Gasteiger partial charge in [0.2, 0.25) is 0 Å². The topological polar surface area (TPSA) is 55.3 Å². The van der Waals surface area contributed by atoms with Gasteiger partial charge in [-0.3, -0.25) is 0 Å². The molecule has 0 aliphatic rings. The molecule has 0 atom stereocenters. The number of para-hydroxylation sites is 3. The molecular weight excluding hydrogens is 326 g/mol. The van der Waals surface area contributed by atoms with Crippen molar-refractivity contribution < 1.29 is 9.53 Å². The molecule has 0 aliphatic carbocycles. The van der Waals surface area contributed by atoms with Crippen LogP contribution < -0.4 is 15.4 Å². The summed E-state index contributed by atoms with van der Waals surface area (Å²) in [6, 6.07) is 19.2. The number of nitrogens with one attached hydrogen (secondary N) is 2. The second-order valence-electron chi connectivity index (χ2n) is 6.08. The molecular formula is C21H23N3O2. The van der Waals surface area contributed by atoms with E-state index in [4.69, 9.17) is 4.74 Å². The highest BCUT2D eigenvalue weighted by Gasteiger charge is 2.14. The van der Waals surface area contributed by atoms with Crippen LogP contribution in [0.4, 0.5) is 10.5 Å². The number of aromatic nitrogens is 1. The molecule has 0 spiro atoms. The van der Waals surface area contributed by atoms with Gasteiger partial charge in [-0.1, -0.05) is 30.3 Å². The Balaban J connectivity index is 1.75. The van der Waals surface area contributed by atoms with Gasteiger partial charge < -0.3 is 19.9 Å². The lowest BCUT2D eigenvalue weighted by Crippen LogP contribution is -2.28. The van der Waals surface area contributed by atoms with Gasteiger partial charge in [0.25, 0.3) is 0 Å². The highest BCUT2D eigenvalue weighted by molar-refractivity contribution is 5.89. The van der Waals surface area contributed by atoms with E-state index < -0.39 is 0 Å². The number of amides is 2. The van der Waals surface area contributed by atoms with Gasteiger partial charge in [0.15, 0.2) is 0 Å². The standard InChI is InChI=1S/C21H23N3O2/c1-15-13-17(14-22-21(25)23-18-9-5-4-6-10-18)16(2)24(15)19-11-7-8-12-20(19)26-3/h4-13H,14H2,1-3H3,(H2,22,23,25). The molecule has 1 heterocycles. The minimum Gasteiger partial charge on any atom is -0.495 e. The van der Waals surface area contributed by atoms with Crippen LogP contribution in [0.3, 0.4) is 0 Å². The molecule has 26 heavy (non-hydrogen) atoms. The summed E-state index contributed by atoms with van der Waals surface area (Å²) in [6.45, 7) is 4.55. The van der Waals surface area contributed by atoms with Crippen molar-refractivity contribution >= 4 is 11.7 Å². The Morgan fingerprint density at radius 2 is 1.73 bits per heavy atom. The average molecular weight is 349 g/mol. The number of carbonyl (C=O) groups is 1. The van der Waals surface area contributed by atoms with Crippen molar-refractivity contribution in [1.82, 2.24) is 9.88 Å². The molecule has 5 nitrogen and oxygen atoms in total. The Labute approximate surface area is 153 Å². The SMILES string of the molecule is COc1ccccc1-n1c(C)cc(CNC(=O)Nc2ccccc2)c1C. The van der Waals surface area contributed by atoms with Crippen LogP contribution in [0.15, 0.2) is 60.7 Å². The number of carbonyl (C=O) groups excluding carboxylic acids is 1. The third-order valence-electron chi connectivity index (χ3n) is 4.33. The molecule has 3 aromatic rings. The van der Waals surface area contributed by atoms with Gasteiger partial charge in [0.05, 0.1) is 12.8 Å². The van der Waals surface area contributed by atoms with Crippen LogP contribution in [-0.4, -0.2) is 17.7 Å². The predicted molar refractivity (Wildman–Crippen MR) is 104 cm³/mol. The van der Waals surface area contributed by atoms with Gasteiger partial charge in [-0.05, 0) is 49.7 Å². The van der Waals surface area contributed by atoms with E-state index in [1.807, 2.05) is 68.4 Å². The van der Waals surface area contributed by atoms with Gasteiger partial charge in [-0.15, -0.1) is 0 Å². The van der Waals surface area contributed by atoms with E-state index in [9.17, 15) is 4.79 Å². The first-order valence-corrected chi connectivity index (χ1v) is 8.51. The van der Waals surface area contributed by atoms with Crippen LogP contribution in [0.2, 0.25) is 0 Å². The first-order valence-electron chi connectivity index (χ1n) is 8.51. The molecule has 0 unspecified atom stereocenters. The fourth-order valence-corrected chi connectivity index (χ4v) is 3.07. The molecule has 1 aromatic heterocycles. The monoisotopic (exact) mass is 349 g/mol. The molecule has 0 bridgehead atoms. The van der Waals surface area contributed by atoms with E-state index >= 15 is 0 Å². The van der Waals surface area contributed by atoms with Crippen molar-refractivity contribution in [1.29, 1.82) is 0 Å². The summed E-state index contributed by atoms with van der Waals surface area (Å²) in [6.07, 6.45) is 0. The summed E-state index contributed by atoms with van der Waals surface area (Å²) >= 11 is 0. The molecule has 0 aliphatic heterocycles. The van der Waals surface area contributed by atoms with Gasteiger partial charge in [-0.25, -0.2) is 4.79 Å². The fraction of sp³-hybridized carbons (Fsp3) is 0.190. The summed E-state index contributed by atoms with van der Waals surface area (Å²) in [5, 5.41) is 5.74. The van der Waals surface area contributed by atoms with Gasteiger partial charge >= 0.3 is 6.03 Å². The minimum atomic E-state index is -0.224. The normalized spacial score (nSPS) is 10.4. The van der Waals surface area contributed by atoms with Crippen LogP contribution in [0.1, 0.15) is 17.0 Å². The number of benzene rings is 2. The molecule has 0 radical (unpaired) electrons. The summed E-state index contributed by atoms with van der Waals surface area (Å²) in [5.41, 5.74) is 4.99. The van der Waals surface area contributed by atoms with Crippen molar-refractivity contribution in [3.63, 3.8) is 0 Å². The largest absolute Gasteiger partial charge is 0.495 e. The fourth-order valence-electron chi connectivity index (χ4n) is 3.07. The second kappa shape index (κ2) is 7.78. The summed E-state index contributed by atoms with van der Waals surface area (Å²) in [7, 11) is 1.67. The van der Waals surface area contributed by atoms with Crippen LogP contribution in [0.25, 0.3) is 5.69 Å². The number of urea groups is 1. The van der Waals surface area contributed by atoms with Crippen molar-refractivity contribution in [2.75, 3.05) is 12.4 Å². The Hall–Kier alpha value is -3.21. The number of aryl methyl sites for hydroxylation is 1. The van der Waals surface area contributed by atoms with Crippen molar-refractivity contribution in [2.24, 2.45) is 0 Å². The van der Waals surface area contributed by atoms with Crippen LogP contribution in [0.5, 0.6) is 5.75 Å². The lowest BCUT2D eigenvalue weighted by molar-refractivity contribution is 0.251. The smallest absolute Gasteiger partial charge is 0.319 e. The maximum absolute atomic E-state index is 12.1. The zero-order chi connectivity index (χ0) is 18.5. The van der Waals surface area contributed by atoms with Crippen LogP contribution in [0, 0.1) is 13.8 Å². The van der Waals surface area contributed by atoms with E-state index in [1.54, 1.807) is 7.11 Å². The molecule has 0 fully saturated rings. The number of rotatable bonds is 5. The van der Waals surface area contributed by atoms with E-state index in [1.165, 1.54) is 0 Å². The van der Waals surface area contributed by atoms with Gasteiger partial charge in [0.1, 0.15) is 5.75 Å². The Morgan fingerprint density at radius 3 is 2.46 bits per heavy atom. The first-order chi connectivity index (χ1) is 12.6. The Bertz CT molecular complexity index is 901. The number of ether oxygens (including phenoxy) is 1. The summed E-state index contributed by atoms with van der Waals surface area (Å²) in [5.74, 6) is 0.815. The Kier molecular flexibility index (Phi) is 5.27. The quantitative estimate of drug-likeness (QED) is 0.716. The molecule has 0 saturated heterocycles. The van der Waals surface area contributed by atoms with E-state index in [2.05, 4.69) is 21.3 Å². The highest BCUT2D eigenvalue weighted by Crippen LogP contribution is 2.27. The lowest BCUT2D eigenvalue weighted by Gasteiger charge is -2.14. The van der Waals surface area contributed by atoms with E-state index in [0.717, 1.165) is 34.1 Å². The summed E-state index contributed by atoms with van der Waals surface area (Å²) in [4.78, 5) is 12.1. The molecule has 2 aromatic carbocycles. The average Bonchev–Trinajstić information content (AvgIpc) is 2.94. The van der Waals surface area contributed by atoms with Crippen molar-refractivity contribution in [3.05, 3.63) is 77.6 Å². The number of hydrogen-bond acceptors (Lipinski definition) is 2. The molecule has 3 rings (SSSR count). The lowest BCUT2D eigenvalue weighted by atomic mass is 10.2. The number of anilines is 1. The molecule has 5 heteroatoms. The van der Waals surface area contributed by atoms with Gasteiger partial charge in [-0.2, -0.15) is 0 Å². The maximum atomic E-state index is 12.1. The molecule has 134 valence electrons. The predicted octanol–water partition coefficient (Wildman–Crippen LogP) is 4.42. The van der Waals surface area contributed by atoms with E-state index in [-0.39, 0.29) is 6.03 Å². The van der Waals surface area contributed by atoms with Crippen LogP contribution in [-0.2, 0) is 6.54 Å².